The van der Waals surface area contributed by atoms with Gasteiger partial charge in [0.05, 0.1) is 12.6 Å². The van der Waals surface area contributed by atoms with Crippen LogP contribution in [0.4, 0.5) is 4.79 Å². The van der Waals surface area contributed by atoms with Crippen LogP contribution in [0, 0.1) is 5.92 Å². The molecular formula is C15H23N3O3. The summed E-state index contributed by atoms with van der Waals surface area (Å²) in [4.78, 5) is 24.9. The quantitative estimate of drug-likeness (QED) is 0.866. The first-order chi connectivity index (χ1) is 9.92. The Hall–Kier alpha value is -1.82. The van der Waals surface area contributed by atoms with E-state index in [1.54, 1.807) is 6.92 Å². The predicted molar refractivity (Wildman–Crippen MR) is 78.8 cm³/mol. The molecule has 1 aromatic heterocycles. The van der Waals surface area contributed by atoms with Gasteiger partial charge in [0.15, 0.2) is 0 Å². The van der Waals surface area contributed by atoms with E-state index >= 15 is 0 Å². The summed E-state index contributed by atoms with van der Waals surface area (Å²) in [6.07, 6.45) is 1.19. The summed E-state index contributed by atoms with van der Waals surface area (Å²) in [7, 11) is 3.30. The Bertz CT molecular complexity index is 526. The normalized spacial score (nSPS) is 22.0. The summed E-state index contributed by atoms with van der Waals surface area (Å²) in [5.41, 5.74) is 0. The molecule has 1 aliphatic carbocycles. The highest BCUT2D eigenvalue weighted by Gasteiger charge is 2.36. The molecule has 0 radical (unpaired) electrons. The molecule has 3 amide bonds. The second-order valence-electron chi connectivity index (χ2n) is 5.78. The van der Waals surface area contributed by atoms with Gasteiger partial charge in [0.1, 0.15) is 11.5 Å². The van der Waals surface area contributed by atoms with Crippen molar-refractivity contribution in [2.24, 2.45) is 5.92 Å². The van der Waals surface area contributed by atoms with Gasteiger partial charge in [-0.2, -0.15) is 0 Å². The highest BCUT2D eigenvalue weighted by Crippen LogP contribution is 2.47. The largest absolute Gasteiger partial charge is 0.464 e. The number of urea groups is 1. The van der Waals surface area contributed by atoms with Crippen LogP contribution in [0.25, 0.3) is 0 Å². The van der Waals surface area contributed by atoms with Crippen molar-refractivity contribution in [1.82, 2.24) is 15.5 Å². The highest BCUT2D eigenvalue weighted by molar-refractivity contribution is 5.96. The van der Waals surface area contributed by atoms with E-state index in [1.807, 2.05) is 24.1 Å². The van der Waals surface area contributed by atoms with Gasteiger partial charge in [-0.3, -0.25) is 15.0 Å². The molecule has 0 aliphatic heterocycles. The van der Waals surface area contributed by atoms with Gasteiger partial charge >= 0.3 is 6.03 Å². The standard InChI is InChI=1S/C15H23N3O3/c1-9-7-12(9)13-6-5-11(21-13)8-18(4)10(2)14(19)17-15(20)16-3/h5-6,9-10,12H,7-8H2,1-4H3,(H2,16,17,19,20)/t9-,10+,12-/m1/s1. The van der Waals surface area contributed by atoms with Gasteiger partial charge in [0.2, 0.25) is 5.91 Å². The number of rotatable bonds is 5. The Morgan fingerprint density at radius 3 is 2.71 bits per heavy atom. The Morgan fingerprint density at radius 2 is 2.14 bits per heavy atom. The van der Waals surface area contributed by atoms with Crippen LogP contribution in [0.2, 0.25) is 0 Å². The van der Waals surface area contributed by atoms with Crippen LogP contribution < -0.4 is 10.6 Å². The first-order valence-electron chi connectivity index (χ1n) is 7.23. The third-order valence-electron chi connectivity index (χ3n) is 4.07. The van der Waals surface area contributed by atoms with Crippen molar-refractivity contribution < 1.29 is 14.0 Å². The molecule has 0 saturated heterocycles. The fourth-order valence-corrected chi connectivity index (χ4v) is 2.26. The van der Waals surface area contributed by atoms with Gasteiger partial charge in [0.25, 0.3) is 0 Å². The molecule has 0 aromatic carbocycles. The zero-order valence-electron chi connectivity index (χ0n) is 13.0. The van der Waals surface area contributed by atoms with Crippen molar-refractivity contribution >= 4 is 11.9 Å². The van der Waals surface area contributed by atoms with E-state index in [-0.39, 0.29) is 5.91 Å². The molecule has 3 atom stereocenters. The Morgan fingerprint density at radius 1 is 1.48 bits per heavy atom. The molecule has 1 heterocycles. The van der Waals surface area contributed by atoms with E-state index in [1.165, 1.54) is 13.5 Å². The molecule has 6 nitrogen and oxygen atoms in total. The third-order valence-corrected chi connectivity index (χ3v) is 4.07. The summed E-state index contributed by atoms with van der Waals surface area (Å²) < 4.78 is 5.83. The Balaban J connectivity index is 1.88. The lowest BCUT2D eigenvalue weighted by atomic mass is 10.2. The third kappa shape index (κ3) is 3.85. The Labute approximate surface area is 124 Å². The number of carbonyl (C=O) groups excluding carboxylic acids is 2. The van der Waals surface area contributed by atoms with Crippen LogP contribution >= 0.6 is 0 Å². The van der Waals surface area contributed by atoms with Gasteiger partial charge < -0.3 is 9.73 Å². The molecule has 0 unspecified atom stereocenters. The topological polar surface area (TPSA) is 74.6 Å². The summed E-state index contributed by atoms with van der Waals surface area (Å²) in [6.45, 7) is 4.50. The lowest BCUT2D eigenvalue weighted by molar-refractivity contribution is -0.124. The number of imide groups is 1. The van der Waals surface area contributed by atoms with Gasteiger partial charge in [-0.15, -0.1) is 0 Å². The van der Waals surface area contributed by atoms with E-state index in [9.17, 15) is 9.59 Å². The number of amides is 3. The monoisotopic (exact) mass is 293 g/mol. The second kappa shape index (κ2) is 6.30. The molecule has 116 valence electrons. The van der Waals surface area contributed by atoms with Crippen LogP contribution in [0.1, 0.15) is 37.7 Å². The number of nitrogens with one attached hydrogen (secondary N) is 2. The van der Waals surface area contributed by atoms with Crippen molar-refractivity contribution in [2.75, 3.05) is 14.1 Å². The second-order valence-corrected chi connectivity index (χ2v) is 5.78. The summed E-state index contributed by atoms with van der Waals surface area (Å²) >= 11 is 0. The average molecular weight is 293 g/mol. The van der Waals surface area contributed by atoms with Gasteiger partial charge in [0, 0.05) is 13.0 Å². The fraction of sp³-hybridized carbons (Fsp3) is 0.600. The van der Waals surface area contributed by atoms with E-state index in [0.29, 0.717) is 18.4 Å². The zero-order valence-corrected chi connectivity index (χ0v) is 13.0. The predicted octanol–water partition coefficient (Wildman–Crippen LogP) is 1.68. The smallest absolute Gasteiger partial charge is 0.321 e. The molecule has 2 rings (SSSR count). The van der Waals surface area contributed by atoms with Crippen molar-refractivity contribution in [2.45, 2.75) is 38.8 Å². The molecule has 2 N–H and O–H groups in total. The van der Waals surface area contributed by atoms with Crippen LogP contribution in [0.3, 0.4) is 0 Å². The number of furan rings is 1. The molecule has 0 spiro atoms. The minimum absolute atomic E-state index is 0.334. The lowest BCUT2D eigenvalue weighted by Gasteiger charge is -2.22. The van der Waals surface area contributed by atoms with Crippen LogP contribution in [-0.2, 0) is 11.3 Å². The van der Waals surface area contributed by atoms with Crippen molar-refractivity contribution in [1.29, 1.82) is 0 Å². The molecule has 21 heavy (non-hydrogen) atoms. The van der Waals surface area contributed by atoms with Crippen molar-refractivity contribution in [3.63, 3.8) is 0 Å². The summed E-state index contributed by atoms with van der Waals surface area (Å²) in [5, 5.41) is 4.63. The Kier molecular flexibility index (Phi) is 4.67. The van der Waals surface area contributed by atoms with E-state index in [2.05, 4.69) is 17.6 Å². The highest BCUT2D eigenvalue weighted by atomic mass is 16.3. The number of likely N-dealkylation sites (N-methyl/N-ethyl adjacent to an activating group) is 1. The zero-order chi connectivity index (χ0) is 15.6. The molecular weight excluding hydrogens is 270 g/mol. The number of carbonyl (C=O) groups is 2. The fourth-order valence-electron chi connectivity index (χ4n) is 2.26. The first kappa shape index (κ1) is 15.6. The maximum atomic E-state index is 11.9. The van der Waals surface area contributed by atoms with Gasteiger partial charge in [-0.1, -0.05) is 6.92 Å². The van der Waals surface area contributed by atoms with Gasteiger partial charge in [-0.25, -0.2) is 4.79 Å². The maximum absolute atomic E-state index is 11.9. The first-order valence-corrected chi connectivity index (χ1v) is 7.23. The number of hydrogen-bond acceptors (Lipinski definition) is 4. The average Bonchev–Trinajstić information content (AvgIpc) is 3.00. The van der Waals surface area contributed by atoms with Crippen molar-refractivity contribution in [3.05, 3.63) is 23.7 Å². The van der Waals surface area contributed by atoms with Gasteiger partial charge in [-0.05, 0) is 38.4 Å². The maximum Gasteiger partial charge on any atom is 0.321 e. The number of nitrogens with zero attached hydrogens (tertiary/aromatic N) is 1. The molecule has 1 fully saturated rings. The SMILES string of the molecule is CNC(=O)NC(=O)[C@H](C)N(C)Cc1ccc([C@@H]2C[C@H]2C)o1. The lowest BCUT2D eigenvalue weighted by Crippen LogP contribution is -2.47. The minimum atomic E-state index is -0.497. The van der Waals surface area contributed by atoms with Crippen LogP contribution in [0.15, 0.2) is 16.5 Å². The summed E-state index contributed by atoms with van der Waals surface area (Å²) in [6, 6.07) is 3.06. The molecule has 6 heteroatoms. The van der Waals surface area contributed by atoms with E-state index in [4.69, 9.17) is 4.42 Å². The summed E-state index contributed by atoms with van der Waals surface area (Å²) in [5.74, 6) is 2.80. The van der Waals surface area contributed by atoms with E-state index < -0.39 is 12.1 Å². The van der Waals surface area contributed by atoms with Crippen molar-refractivity contribution in [3.8, 4) is 0 Å². The molecule has 1 aliphatic rings. The minimum Gasteiger partial charge on any atom is -0.464 e. The molecule has 0 bridgehead atoms. The molecule has 1 saturated carbocycles. The van der Waals surface area contributed by atoms with Crippen LogP contribution in [0.5, 0.6) is 0 Å². The van der Waals surface area contributed by atoms with E-state index in [0.717, 1.165) is 11.5 Å². The van der Waals surface area contributed by atoms with Crippen LogP contribution in [-0.4, -0.2) is 37.0 Å². The molecule has 1 aromatic rings. The number of hydrogen-bond donors (Lipinski definition) is 2.